The molecule has 1 aliphatic rings. The minimum atomic E-state index is -0.329. The summed E-state index contributed by atoms with van der Waals surface area (Å²) in [5, 5.41) is 0.834. The van der Waals surface area contributed by atoms with E-state index in [0.717, 1.165) is 0 Å². The molecule has 5 heteroatoms. The molecular formula is C10H6Cl2O3. The van der Waals surface area contributed by atoms with Gasteiger partial charge in [-0.2, -0.15) is 0 Å². The number of ether oxygens (including phenoxy) is 2. The van der Waals surface area contributed by atoms with E-state index in [9.17, 15) is 4.79 Å². The lowest BCUT2D eigenvalue weighted by Gasteiger charge is -2.05. The van der Waals surface area contributed by atoms with Crippen LogP contribution in [0.25, 0.3) is 0 Å². The molecule has 0 amide bonds. The summed E-state index contributed by atoms with van der Waals surface area (Å²) in [4.78, 5) is 10.8. The van der Waals surface area contributed by atoms with Gasteiger partial charge in [-0.05, 0) is 12.1 Å². The zero-order valence-electron chi connectivity index (χ0n) is 7.50. The van der Waals surface area contributed by atoms with E-state index in [4.69, 9.17) is 32.7 Å². The van der Waals surface area contributed by atoms with E-state index in [1.54, 1.807) is 24.3 Å². The summed E-state index contributed by atoms with van der Waals surface area (Å²) in [7, 11) is 0. The topological polar surface area (TPSA) is 35.5 Å². The average Bonchev–Trinajstić information content (AvgIpc) is 2.58. The average molecular weight is 245 g/mol. The molecule has 1 aromatic rings. The monoisotopic (exact) mass is 244 g/mol. The number of carbonyl (C=O) groups is 1. The summed E-state index contributed by atoms with van der Waals surface area (Å²) in [6.45, 7) is 0. The highest BCUT2D eigenvalue weighted by atomic mass is 35.5. The molecule has 15 heavy (non-hydrogen) atoms. The fourth-order valence-corrected chi connectivity index (χ4v) is 1.37. The normalized spacial score (nSPS) is 14.8. The van der Waals surface area contributed by atoms with Gasteiger partial charge in [0.15, 0.2) is 0 Å². The molecule has 0 atom stereocenters. The molecule has 1 aromatic carbocycles. The van der Waals surface area contributed by atoms with Crippen LogP contribution in [0, 0.1) is 0 Å². The van der Waals surface area contributed by atoms with Crippen LogP contribution in [-0.4, -0.2) is 5.97 Å². The van der Waals surface area contributed by atoms with Gasteiger partial charge >= 0.3 is 5.97 Å². The van der Waals surface area contributed by atoms with Crippen LogP contribution in [-0.2, 0) is 9.53 Å². The SMILES string of the molecule is O=C1CC=C(Oc2ccc(Cl)c(Cl)c2)O1. The first-order valence-electron chi connectivity index (χ1n) is 4.19. The van der Waals surface area contributed by atoms with E-state index >= 15 is 0 Å². The molecule has 1 heterocycles. The number of halogens is 2. The summed E-state index contributed by atoms with van der Waals surface area (Å²) < 4.78 is 10.0. The molecule has 1 aliphatic heterocycles. The number of hydrogen-bond acceptors (Lipinski definition) is 3. The molecule has 3 nitrogen and oxygen atoms in total. The van der Waals surface area contributed by atoms with Crippen molar-refractivity contribution >= 4 is 29.2 Å². The zero-order valence-corrected chi connectivity index (χ0v) is 9.01. The molecule has 0 aromatic heterocycles. The lowest BCUT2D eigenvalue weighted by Crippen LogP contribution is -1.99. The molecule has 0 saturated carbocycles. The first-order chi connectivity index (χ1) is 7.15. The lowest BCUT2D eigenvalue weighted by atomic mass is 10.3. The molecule has 0 radical (unpaired) electrons. The smallest absolute Gasteiger partial charge is 0.317 e. The van der Waals surface area contributed by atoms with Crippen molar-refractivity contribution in [2.75, 3.05) is 0 Å². The highest BCUT2D eigenvalue weighted by Gasteiger charge is 2.16. The van der Waals surface area contributed by atoms with E-state index in [1.807, 2.05) is 0 Å². The molecule has 0 N–H and O–H groups in total. The second kappa shape index (κ2) is 4.13. The van der Waals surface area contributed by atoms with Gasteiger partial charge in [0.25, 0.3) is 5.95 Å². The van der Waals surface area contributed by atoms with Crippen molar-refractivity contribution in [3.63, 3.8) is 0 Å². The summed E-state index contributed by atoms with van der Waals surface area (Å²) in [5.41, 5.74) is 0. The second-order valence-corrected chi connectivity index (χ2v) is 3.69. The van der Waals surface area contributed by atoms with Crippen LogP contribution in [0.5, 0.6) is 5.75 Å². The first-order valence-corrected chi connectivity index (χ1v) is 4.94. The number of hydrogen-bond donors (Lipinski definition) is 0. The Morgan fingerprint density at radius 2 is 2.07 bits per heavy atom. The van der Waals surface area contributed by atoms with Gasteiger partial charge in [0.1, 0.15) is 5.75 Å². The Morgan fingerprint density at radius 1 is 1.27 bits per heavy atom. The molecule has 78 valence electrons. The van der Waals surface area contributed by atoms with E-state index in [0.29, 0.717) is 15.8 Å². The molecule has 2 rings (SSSR count). The standard InChI is InChI=1S/C10H6Cl2O3/c11-7-2-1-6(5-8(7)12)14-10-4-3-9(13)15-10/h1-2,4-5H,3H2. The third kappa shape index (κ3) is 2.43. The van der Waals surface area contributed by atoms with E-state index in [2.05, 4.69) is 0 Å². The molecule has 0 bridgehead atoms. The van der Waals surface area contributed by atoms with Crippen LogP contribution in [0.15, 0.2) is 30.2 Å². The van der Waals surface area contributed by atoms with Crippen molar-refractivity contribution in [1.82, 2.24) is 0 Å². The van der Waals surface area contributed by atoms with E-state index < -0.39 is 0 Å². The quantitative estimate of drug-likeness (QED) is 0.750. The van der Waals surface area contributed by atoms with Crippen molar-refractivity contribution in [1.29, 1.82) is 0 Å². The molecule has 0 unspecified atom stereocenters. The minimum absolute atomic E-state index is 0.179. The van der Waals surface area contributed by atoms with Crippen LogP contribution in [0.2, 0.25) is 10.0 Å². The zero-order chi connectivity index (χ0) is 10.8. The van der Waals surface area contributed by atoms with Gasteiger partial charge in [-0.25, -0.2) is 0 Å². The van der Waals surface area contributed by atoms with Gasteiger partial charge in [-0.15, -0.1) is 0 Å². The number of rotatable bonds is 2. The summed E-state index contributed by atoms with van der Waals surface area (Å²) in [6.07, 6.45) is 1.79. The van der Waals surface area contributed by atoms with E-state index in [1.165, 1.54) is 0 Å². The Balaban J connectivity index is 2.11. The molecule has 0 aliphatic carbocycles. The minimum Gasteiger partial charge on any atom is -0.426 e. The van der Waals surface area contributed by atoms with Gasteiger partial charge in [0.2, 0.25) is 0 Å². The highest BCUT2D eigenvalue weighted by Crippen LogP contribution is 2.28. The summed E-state index contributed by atoms with van der Waals surface area (Å²) in [5.74, 6) is 0.328. The second-order valence-electron chi connectivity index (χ2n) is 2.88. The van der Waals surface area contributed by atoms with Crippen LogP contribution in [0.4, 0.5) is 0 Å². The molecular weight excluding hydrogens is 239 g/mol. The summed E-state index contributed by atoms with van der Waals surface area (Å²) >= 11 is 11.5. The Hall–Kier alpha value is -1.19. The summed E-state index contributed by atoms with van der Waals surface area (Å²) in [6, 6.07) is 4.80. The molecule has 0 saturated heterocycles. The largest absolute Gasteiger partial charge is 0.426 e. The first kappa shape index (κ1) is 10.3. The van der Waals surface area contributed by atoms with E-state index in [-0.39, 0.29) is 18.3 Å². The van der Waals surface area contributed by atoms with Crippen molar-refractivity contribution in [3.8, 4) is 5.75 Å². The van der Waals surface area contributed by atoms with Crippen LogP contribution in [0.3, 0.4) is 0 Å². The van der Waals surface area contributed by atoms with Crippen molar-refractivity contribution in [2.24, 2.45) is 0 Å². The fraction of sp³-hybridized carbons (Fsp3) is 0.100. The van der Waals surface area contributed by atoms with Crippen LogP contribution >= 0.6 is 23.2 Å². The van der Waals surface area contributed by atoms with Crippen LogP contribution in [0.1, 0.15) is 6.42 Å². The maximum Gasteiger partial charge on any atom is 0.317 e. The predicted molar refractivity (Wildman–Crippen MR) is 55.9 cm³/mol. The lowest BCUT2D eigenvalue weighted by molar-refractivity contribution is -0.139. The van der Waals surface area contributed by atoms with Gasteiger partial charge < -0.3 is 9.47 Å². The number of carbonyl (C=O) groups excluding carboxylic acids is 1. The van der Waals surface area contributed by atoms with Gasteiger partial charge in [-0.3, -0.25) is 4.79 Å². The third-order valence-corrected chi connectivity index (χ3v) is 2.50. The fourth-order valence-electron chi connectivity index (χ4n) is 1.08. The number of benzene rings is 1. The Bertz CT molecular complexity index is 440. The van der Waals surface area contributed by atoms with Gasteiger partial charge in [0, 0.05) is 12.1 Å². The van der Waals surface area contributed by atoms with Crippen molar-refractivity contribution < 1.29 is 14.3 Å². The van der Waals surface area contributed by atoms with Crippen molar-refractivity contribution in [2.45, 2.75) is 6.42 Å². The Kier molecular flexibility index (Phi) is 2.84. The predicted octanol–water partition coefficient (Wildman–Crippen LogP) is 3.16. The molecule has 0 fully saturated rings. The maximum absolute atomic E-state index is 10.8. The Morgan fingerprint density at radius 3 is 2.67 bits per heavy atom. The van der Waals surface area contributed by atoms with Gasteiger partial charge in [-0.1, -0.05) is 23.2 Å². The third-order valence-electron chi connectivity index (χ3n) is 1.76. The van der Waals surface area contributed by atoms with Crippen LogP contribution < -0.4 is 4.74 Å². The Labute approximate surface area is 96.2 Å². The maximum atomic E-state index is 10.8. The highest BCUT2D eigenvalue weighted by molar-refractivity contribution is 6.42. The number of esters is 1. The van der Waals surface area contributed by atoms with Crippen molar-refractivity contribution in [3.05, 3.63) is 40.3 Å². The van der Waals surface area contributed by atoms with Gasteiger partial charge in [0.05, 0.1) is 16.5 Å². The number of cyclic esters (lactones) is 1. The molecule has 0 spiro atoms.